The molecule has 1 amide bonds. The summed E-state index contributed by atoms with van der Waals surface area (Å²) in [6.45, 7) is 2.58. The molecule has 5 heteroatoms. The Kier molecular flexibility index (Phi) is 6.41. The number of rotatable bonds is 4. The lowest BCUT2D eigenvalue weighted by Crippen LogP contribution is -2.50. The normalized spacial score (nSPS) is 21.0. The first-order valence-electron chi connectivity index (χ1n) is 12.1. The molecule has 0 radical (unpaired) electrons. The number of likely N-dealkylation sites (tertiary alicyclic amines) is 1. The lowest BCUT2D eigenvalue weighted by Gasteiger charge is -2.40. The van der Waals surface area contributed by atoms with Crippen LogP contribution in [0.2, 0.25) is 0 Å². The van der Waals surface area contributed by atoms with Crippen LogP contribution in [0.4, 0.5) is 4.39 Å². The molecule has 2 aliphatic heterocycles. The Morgan fingerprint density at radius 2 is 1.91 bits per heavy atom. The highest BCUT2D eigenvalue weighted by Crippen LogP contribution is 2.38. The molecule has 1 aromatic heterocycles. The fourth-order valence-electron chi connectivity index (χ4n) is 5.66. The highest BCUT2D eigenvalue weighted by atomic mass is 19.1. The first-order chi connectivity index (χ1) is 16.2. The van der Waals surface area contributed by atoms with Crippen molar-refractivity contribution < 1.29 is 13.9 Å². The fraction of sp³-hybridized carbons (Fsp3) is 0.429. The van der Waals surface area contributed by atoms with Gasteiger partial charge in [-0.25, -0.2) is 4.39 Å². The third-order valence-corrected chi connectivity index (χ3v) is 7.53. The summed E-state index contributed by atoms with van der Waals surface area (Å²) in [5, 5.41) is 2.45. The molecule has 0 saturated carbocycles. The minimum Gasteiger partial charge on any atom is -0.381 e. The van der Waals surface area contributed by atoms with E-state index >= 15 is 0 Å². The quantitative estimate of drug-likeness (QED) is 0.547. The molecular formula is C28H31FN2O2. The van der Waals surface area contributed by atoms with E-state index in [9.17, 15) is 9.18 Å². The predicted molar refractivity (Wildman–Crippen MR) is 127 cm³/mol. The zero-order valence-electron chi connectivity index (χ0n) is 19.0. The summed E-state index contributed by atoms with van der Waals surface area (Å²) < 4.78 is 19.7. The van der Waals surface area contributed by atoms with Crippen molar-refractivity contribution in [3.63, 3.8) is 0 Å². The maximum atomic E-state index is 14.1. The average Bonchev–Trinajstić information content (AvgIpc) is 3.10. The van der Waals surface area contributed by atoms with Crippen LogP contribution < -0.4 is 0 Å². The van der Waals surface area contributed by atoms with E-state index in [-0.39, 0.29) is 11.7 Å². The molecule has 0 bridgehead atoms. The molecule has 0 spiro atoms. The van der Waals surface area contributed by atoms with Crippen LogP contribution >= 0.6 is 0 Å². The molecule has 172 valence electrons. The highest BCUT2D eigenvalue weighted by Gasteiger charge is 2.44. The zero-order chi connectivity index (χ0) is 22.7. The highest BCUT2D eigenvalue weighted by molar-refractivity contribution is 5.88. The van der Waals surface area contributed by atoms with Crippen LogP contribution in [0.1, 0.15) is 43.2 Å². The molecule has 4 nitrogen and oxygen atoms in total. The summed E-state index contributed by atoms with van der Waals surface area (Å²) >= 11 is 0. The van der Waals surface area contributed by atoms with E-state index in [1.165, 1.54) is 28.5 Å². The molecule has 3 heterocycles. The van der Waals surface area contributed by atoms with Crippen molar-refractivity contribution in [3.8, 4) is 0 Å². The molecule has 2 aliphatic rings. The van der Waals surface area contributed by atoms with Gasteiger partial charge >= 0.3 is 0 Å². The Bertz CT molecular complexity index is 1120. The first-order valence-corrected chi connectivity index (χ1v) is 12.1. The SMILES string of the molecule is O=C(N1CCCC(Cc2cncc3ccccc23)CC1)C1(c2cccc(F)c2)CCOCC1. The van der Waals surface area contributed by atoms with Crippen LogP contribution in [0.15, 0.2) is 60.9 Å². The fourth-order valence-corrected chi connectivity index (χ4v) is 5.66. The summed E-state index contributed by atoms with van der Waals surface area (Å²) in [5.74, 6) is 0.380. The first kappa shape index (κ1) is 22.0. The van der Waals surface area contributed by atoms with Gasteiger partial charge in [0.05, 0.1) is 5.41 Å². The number of nitrogens with zero attached hydrogens (tertiary/aromatic N) is 2. The Balaban J connectivity index is 1.33. The van der Waals surface area contributed by atoms with Gasteiger partial charge in [0, 0.05) is 44.1 Å². The minimum atomic E-state index is -0.681. The Labute approximate surface area is 194 Å². The van der Waals surface area contributed by atoms with Crippen LogP contribution in [0.25, 0.3) is 10.8 Å². The van der Waals surface area contributed by atoms with Crippen molar-refractivity contribution in [2.24, 2.45) is 5.92 Å². The smallest absolute Gasteiger partial charge is 0.233 e. The van der Waals surface area contributed by atoms with Crippen molar-refractivity contribution in [2.45, 2.75) is 43.9 Å². The van der Waals surface area contributed by atoms with Crippen molar-refractivity contribution in [2.75, 3.05) is 26.3 Å². The number of amides is 1. The Morgan fingerprint density at radius 3 is 2.76 bits per heavy atom. The number of pyridine rings is 1. The number of fused-ring (bicyclic) bond motifs is 1. The number of aromatic nitrogens is 1. The lowest BCUT2D eigenvalue weighted by molar-refractivity contribution is -0.141. The van der Waals surface area contributed by atoms with Crippen molar-refractivity contribution in [3.05, 3.63) is 77.9 Å². The van der Waals surface area contributed by atoms with Gasteiger partial charge in [-0.15, -0.1) is 0 Å². The molecule has 1 unspecified atom stereocenters. The number of hydrogen-bond acceptors (Lipinski definition) is 3. The average molecular weight is 447 g/mol. The number of carbonyl (C=O) groups excluding carboxylic acids is 1. The van der Waals surface area contributed by atoms with Gasteiger partial charge in [0.2, 0.25) is 5.91 Å². The second-order valence-electron chi connectivity index (χ2n) is 9.52. The summed E-state index contributed by atoms with van der Waals surface area (Å²) in [6.07, 6.45) is 9.19. The van der Waals surface area contributed by atoms with Gasteiger partial charge in [0.1, 0.15) is 5.82 Å². The van der Waals surface area contributed by atoms with Gasteiger partial charge in [-0.05, 0) is 73.1 Å². The van der Waals surface area contributed by atoms with Crippen LogP contribution in [0.3, 0.4) is 0 Å². The molecule has 0 N–H and O–H groups in total. The van der Waals surface area contributed by atoms with E-state index in [0.29, 0.717) is 32.0 Å². The van der Waals surface area contributed by atoms with E-state index in [0.717, 1.165) is 44.3 Å². The standard InChI is InChI=1S/C28H31FN2O2/c29-25-8-3-7-24(18-25)28(11-15-33-16-12-28)27(32)31-13-4-5-21(10-14-31)17-23-20-30-19-22-6-1-2-9-26(22)23/h1-3,6-9,18-21H,4-5,10-17H2. The van der Waals surface area contributed by atoms with Gasteiger partial charge in [0.25, 0.3) is 0 Å². The second kappa shape index (κ2) is 9.60. The third-order valence-electron chi connectivity index (χ3n) is 7.53. The van der Waals surface area contributed by atoms with Crippen LogP contribution in [0.5, 0.6) is 0 Å². The molecular weight excluding hydrogens is 415 g/mol. The van der Waals surface area contributed by atoms with E-state index < -0.39 is 5.41 Å². The maximum Gasteiger partial charge on any atom is 0.233 e. The van der Waals surface area contributed by atoms with Crippen LogP contribution in [0, 0.1) is 11.7 Å². The van der Waals surface area contributed by atoms with Gasteiger partial charge in [0.15, 0.2) is 0 Å². The molecule has 33 heavy (non-hydrogen) atoms. The van der Waals surface area contributed by atoms with Gasteiger partial charge in [-0.3, -0.25) is 9.78 Å². The monoisotopic (exact) mass is 446 g/mol. The molecule has 2 aromatic carbocycles. The maximum absolute atomic E-state index is 14.1. The molecule has 3 aromatic rings. The zero-order valence-corrected chi connectivity index (χ0v) is 19.0. The van der Waals surface area contributed by atoms with Gasteiger partial charge < -0.3 is 9.64 Å². The van der Waals surface area contributed by atoms with Crippen LogP contribution in [-0.2, 0) is 21.4 Å². The molecule has 2 fully saturated rings. The van der Waals surface area contributed by atoms with E-state index in [1.807, 2.05) is 29.4 Å². The summed E-state index contributed by atoms with van der Waals surface area (Å²) in [4.78, 5) is 20.4. The number of hydrogen-bond donors (Lipinski definition) is 0. The number of carbonyl (C=O) groups is 1. The van der Waals surface area contributed by atoms with Gasteiger partial charge in [-0.2, -0.15) is 0 Å². The van der Waals surface area contributed by atoms with Crippen molar-refractivity contribution >= 4 is 16.7 Å². The van der Waals surface area contributed by atoms with E-state index in [4.69, 9.17) is 4.74 Å². The Hall–Kier alpha value is -2.79. The van der Waals surface area contributed by atoms with Crippen molar-refractivity contribution in [1.82, 2.24) is 9.88 Å². The van der Waals surface area contributed by atoms with E-state index in [1.54, 1.807) is 6.07 Å². The largest absolute Gasteiger partial charge is 0.381 e. The topological polar surface area (TPSA) is 42.4 Å². The second-order valence-corrected chi connectivity index (χ2v) is 9.52. The van der Waals surface area contributed by atoms with Gasteiger partial charge in [-0.1, -0.05) is 36.4 Å². The molecule has 0 aliphatic carbocycles. The van der Waals surface area contributed by atoms with Crippen molar-refractivity contribution in [1.29, 1.82) is 0 Å². The molecule has 2 saturated heterocycles. The number of halogens is 1. The Morgan fingerprint density at radius 1 is 1.06 bits per heavy atom. The number of ether oxygens (including phenoxy) is 1. The summed E-state index contributed by atoms with van der Waals surface area (Å²) in [7, 11) is 0. The van der Waals surface area contributed by atoms with Crippen LogP contribution in [-0.4, -0.2) is 42.1 Å². The summed E-state index contributed by atoms with van der Waals surface area (Å²) in [5.41, 5.74) is 1.40. The lowest BCUT2D eigenvalue weighted by atomic mass is 9.73. The predicted octanol–water partition coefficient (Wildman–Crippen LogP) is 5.29. The molecule has 5 rings (SSSR count). The third kappa shape index (κ3) is 4.51. The van der Waals surface area contributed by atoms with E-state index in [2.05, 4.69) is 23.2 Å². The number of benzene rings is 2. The molecule has 1 atom stereocenters. The summed E-state index contributed by atoms with van der Waals surface area (Å²) in [6, 6.07) is 15.0. The minimum absolute atomic E-state index is 0.142.